The lowest BCUT2D eigenvalue weighted by molar-refractivity contribution is 0.477. The fourth-order valence-electron chi connectivity index (χ4n) is 1.93. The maximum Gasteiger partial charge on any atom is 0.194 e. The van der Waals surface area contributed by atoms with Gasteiger partial charge in [0.1, 0.15) is 0 Å². The van der Waals surface area contributed by atoms with Gasteiger partial charge in [0.05, 0.1) is 12.2 Å². The summed E-state index contributed by atoms with van der Waals surface area (Å²) in [5.74, 6) is 0.910. The number of guanidine groups is 1. The number of thiazole rings is 1. The molecule has 0 saturated carbocycles. The Morgan fingerprint density at radius 1 is 1.32 bits per heavy atom. The van der Waals surface area contributed by atoms with E-state index in [-0.39, 0.29) is 0 Å². The van der Waals surface area contributed by atoms with Crippen LogP contribution in [0.1, 0.15) is 18.2 Å². The molecule has 0 fully saturated rings. The Morgan fingerprint density at radius 2 is 2.14 bits per heavy atom. The van der Waals surface area contributed by atoms with E-state index in [2.05, 4.69) is 51.4 Å². The van der Waals surface area contributed by atoms with Crippen LogP contribution in [-0.2, 0) is 13.1 Å². The van der Waals surface area contributed by atoms with Gasteiger partial charge in [0.2, 0.25) is 0 Å². The molecule has 0 aliphatic carbocycles. The maximum atomic E-state index is 4.70. The predicted molar refractivity (Wildman–Crippen MR) is 97.0 cm³/mol. The number of aromatic nitrogens is 1. The van der Waals surface area contributed by atoms with Crippen LogP contribution in [-0.4, -0.2) is 43.5 Å². The number of nitrogens with zero attached hydrogens (tertiary/aromatic N) is 4. The van der Waals surface area contributed by atoms with Crippen molar-refractivity contribution in [1.82, 2.24) is 15.2 Å². The molecule has 0 amide bonds. The summed E-state index contributed by atoms with van der Waals surface area (Å²) < 4.78 is 0. The Hall–Kier alpha value is -1.60. The second-order valence-corrected chi connectivity index (χ2v) is 6.79. The van der Waals surface area contributed by atoms with Gasteiger partial charge >= 0.3 is 0 Å². The molecule has 0 aliphatic heterocycles. The third-order valence-corrected chi connectivity index (χ3v) is 4.80. The summed E-state index contributed by atoms with van der Waals surface area (Å²) in [6, 6.07) is 2.15. The van der Waals surface area contributed by atoms with Crippen LogP contribution in [0.5, 0.6) is 0 Å². The van der Waals surface area contributed by atoms with Crippen LogP contribution in [0.4, 0.5) is 5.13 Å². The fraction of sp³-hybridized carbons (Fsp3) is 0.467. The van der Waals surface area contributed by atoms with E-state index in [1.54, 1.807) is 22.7 Å². The molecule has 22 heavy (non-hydrogen) atoms. The molecule has 2 aromatic heterocycles. The number of thiophene rings is 1. The zero-order chi connectivity index (χ0) is 15.9. The molecule has 0 atom stereocenters. The molecule has 2 heterocycles. The van der Waals surface area contributed by atoms with E-state index in [0.717, 1.165) is 29.9 Å². The molecule has 2 rings (SSSR count). The SMILES string of the molecule is CCNC(=NCc1csc(N(C)C)n1)N(C)Cc1ccsc1. The number of hydrogen-bond donors (Lipinski definition) is 1. The van der Waals surface area contributed by atoms with Crippen LogP contribution in [0.15, 0.2) is 27.2 Å². The summed E-state index contributed by atoms with van der Waals surface area (Å²) in [5, 5.41) is 10.7. The molecule has 0 aromatic carbocycles. The molecule has 0 spiro atoms. The van der Waals surface area contributed by atoms with Gasteiger partial charge in [-0.05, 0) is 29.3 Å². The molecule has 120 valence electrons. The van der Waals surface area contributed by atoms with Crippen molar-refractivity contribution in [1.29, 1.82) is 0 Å². The van der Waals surface area contributed by atoms with Gasteiger partial charge in [0.25, 0.3) is 0 Å². The van der Waals surface area contributed by atoms with Crippen molar-refractivity contribution in [3.8, 4) is 0 Å². The van der Waals surface area contributed by atoms with Gasteiger partial charge < -0.3 is 15.1 Å². The van der Waals surface area contributed by atoms with E-state index in [1.807, 2.05) is 19.0 Å². The summed E-state index contributed by atoms with van der Waals surface area (Å²) in [5.41, 5.74) is 2.31. The highest BCUT2D eigenvalue weighted by molar-refractivity contribution is 7.13. The van der Waals surface area contributed by atoms with Crippen molar-refractivity contribution < 1.29 is 0 Å². The molecule has 0 unspecified atom stereocenters. The zero-order valence-corrected chi connectivity index (χ0v) is 15.2. The Balaban J connectivity index is 2.02. The van der Waals surface area contributed by atoms with Crippen molar-refractivity contribution in [2.45, 2.75) is 20.0 Å². The van der Waals surface area contributed by atoms with Crippen LogP contribution in [0.25, 0.3) is 0 Å². The minimum atomic E-state index is 0.598. The van der Waals surface area contributed by atoms with E-state index in [1.165, 1.54) is 5.56 Å². The largest absolute Gasteiger partial charge is 0.357 e. The molecule has 0 radical (unpaired) electrons. The minimum Gasteiger partial charge on any atom is -0.357 e. The third kappa shape index (κ3) is 4.71. The van der Waals surface area contributed by atoms with Crippen LogP contribution in [0.3, 0.4) is 0 Å². The third-order valence-electron chi connectivity index (χ3n) is 3.01. The Morgan fingerprint density at radius 3 is 2.73 bits per heavy atom. The highest BCUT2D eigenvalue weighted by Crippen LogP contribution is 2.18. The molecule has 0 bridgehead atoms. The highest BCUT2D eigenvalue weighted by Gasteiger charge is 2.08. The van der Waals surface area contributed by atoms with Crippen molar-refractivity contribution >= 4 is 33.8 Å². The molecule has 0 saturated heterocycles. The molecule has 7 heteroatoms. The summed E-state index contributed by atoms with van der Waals surface area (Å²) in [6.07, 6.45) is 0. The monoisotopic (exact) mass is 337 g/mol. The van der Waals surface area contributed by atoms with Gasteiger partial charge in [-0.25, -0.2) is 9.98 Å². The van der Waals surface area contributed by atoms with Crippen LogP contribution >= 0.6 is 22.7 Å². The van der Waals surface area contributed by atoms with Crippen molar-refractivity contribution in [2.75, 3.05) is 32.6 Å². The van der Waals surface area contributed by atoms with Crippen molar-refractivity contribution in [2.24, 2.45) is 4.99 Å². The number of hydrogen-bond acceptors (Lipinski definition) is 5. The molecule has 1 N–H and O–H groups in total. The van der Waals surface area contributed by atoms with E-state index in [4.69, 9.17) is 4.99 Å². The summed E-state index contributed by atoms with van der Waals surface area (Å²) in [4.78, 5) is 13.4. The number of anilines is 1. The second kappa shape index (κ2) is 8.14. The van der Waals surface area contributed by atoms with Crippen molar-refractivity contribution in [3.05, 3.63) is 33.5 Å². The average molecular weight is 338 g/mol. The molecular weight excluding hydrogens is 314 g/mol. The molecular formula is C15H23N5S2. The van der Waals surface area contributed by atoms with Crippen LogP contribution in [0.2, 0.25) is 0 Å². The van der Waals surface area contributed by atoms with Crippen LogP contribution in [0, 0.1) is 0 Å². The Labute approximate surface area is 140 Å². The van der Waals surface area contributed by atoms with E-state index in [9.17, 15) is 0 Å². The smallest absolute Gasteiger partial charge is 0.194 e. The second-order valence-electron chi connectivity index (χ2n) is 5.17. The first-order valence-corrected chi connectivity index (χ1v) is 9.04. The van der Waals surface area contributed by atoms with Crippen LogP contribution < -0.4 is 10.2 Å². The fourth-order valence-corrected chi connectivity index (χ4v) is 3.34. The van der Waals surface area contributed by atoms with Gasteiger partial charge in [0, 0.05) is 39.6 Å². The summed E-state index contributed by atoms with van der Waals surface area (Å²) in [7, 11) is 6.07. The topological polar surface area (TPSA) is 43.8 Å². The van der Waals surface area contributed by atoms with Gasteiger partial charge in [0.15, 0.2) is 11.1 Å². The first-order valence-electron chi connectivity index (χ1n) is 7.22. The number of rotatable bonds is 6. The lowest BCUT2D eigenvalue weighted by Crippen LogP contribution is -2.38. The van der Waals surface area contributed by atoms with Gasteiger partial charge in [-0.2, -0.15) is 11.3 Å². The molecule has 2 aromatic rings. The normalized spacial score (nSPS) is 11.5. The number of nitrogens with one attached hydrogen (secondary N) is 1. The molecule has 0 aliphatic rings. The van der Waals surface area contributed by atoms with E-state index < -0.39 is 0 Å². The zero-order valence-electron chi connectivity index (χ0n) is 13.5. The molecule has 5 nitrogen and oxygen atoms in total. The lowest BCUT2D eigenvalue weighted by Gasteiger charge is -2.21. The standard InChI is InChI=1S/C15H23N5S2/c1-5-16-14(20(4)9-12-6-7-21-10-12)17-8-13-11-22-15(18-13)19(2)3/h6-7,10-11H,5,8-9H2,1-4H3,(H,16,17). The lowest BCUT2D eigenvalue weighted by atomic mass is 10.3. The minimum absolute atomic E-state index is 0.598. The first-order chi connectivity index (χ1) is 10.6. The first kappa shape index (κ1) is 16.8. The Bertz CT molecular complexity index is 589. The summed E-state index contributed by atoms with van der Waals surface area (Å²) >= 11 is 3.37. The summed E-state index contributed by atoms with van der Waals surface area (Å²) in [6.45, 7) is 4.39. The highest BCUT2D eigenvalue weighted by atomic mass is 32.1. The predicted octanol–water partition coefficient (Wildman–Crippen LogP) is 2.87. The van der Waals surface area contributed by atoms with Crippen molar-refractivity contribution in [3.63, 3.8) is 0 Å². The van der Waals surface area contributed by atoms with E-state index >= 15 is 0 Å². The van der Waals surface area contributed by atoms with Gasteiger partial charge in [-0.1, -0.05) is 0 Å². The average Bonchev–Trinajstić information content (AvgIpc) is 3.14. The Kier molecular flexibility index (Phi) is 6.21. The quantitative estimate of drug-likeness (QED) is 0.650. The number of aliphatic imine (C=N–C) groups is 1. The van der Waals surface area contributed by atoms with Gasteiger partial charge in [-0.15, -0.1) is 11.3 Å². The van der Waals surface area contributed by atoms with Gasteiger partial charge in [-0.3, -0.25) is 0 Å². The van der Waals surface area contributed by atoms with E-state index in [0.29, 0.717) is 6.54 Å². The maximum absolute atomic E-state index is 4.70.